The second kappa shape index (κ2) is 6.39. The molecule has 114 valence electrons. The van der Waals surface area contributed by atoms with Gasteiger partial charge in [0.05, 0.1) is 5.41 Å². The third-order valence-corrected chi connectivity index (χ3v) is 5.48. The van der Waals surface area contributed by atoms with E-state index in [2.05, 4.69) is 5.32 Å². The van der Waals surface area contributed by atoms with Gasteiger partial charge in [-0.15, -0.1) is 0 Å². The van der Waals surface area contributed by atoms with Crippen LogP contribution in [-0.2, 0) is 10.2 Å². The van der Waals surface area contributed by atoms with Gasteiger partial charge in [0.15, 0.2) is 0 Å². The molecule has 2 aliphatic carbocycles. The van der Waals surface area contributed by atoms with Gasteiger partial charge in [0.1, 0.15) is 0 Å². The molecule has 0 atom stereocenters. The molecule has 0 radical (unpaired) electrons. The molecule has 0 bridgehead atoms. The molecule has 2 saturated carbocycles. The highest BCUT2D eigenvalue weighted by atomic mass is 35.5. The van der Waals surface area contributed by atoms with Crippen molar-refractivity contribution in [3.05, 3.63) is 34.9 Å². The van der Waals surface area contributed by atoms with Crippen LogP contribution in [0.4, 0.5) is 0 Å². The lowest BCUT2D eigenvalue weighted by Gasteiger charge is -2.32. The smallest absolute Gasteiger partial charge is 0.230 e. The van der Waals surface area contributed by atoms with E-state index in [1.807, 2.05) is 24.3 Å². The fourth-order valence-corrected chi connectivity index (χ4v) is 4.09. The molecule has 1 aromatic carbocycles. The standard InChI is InChI=1S/C18H24ClNO/c19-15-10-8-14(9-11-15)18(12-4-5-13-18)17(21)20-16-6-2-1-3-7-16/h8-11,16H,1-7,12-13H2,(H,20,21). The molecule has 0 aromatic heterocycles. The van der Waals surface area contributed by atoms with Crippen LogP contribution in [0.15, 0.2) is 24.3 Å². The fraction of sp³-hybridized carbons (Fsp3) is 0.611. The minimum atomic E-state index is -0.317. The number of hydrogen-bond acceptors (Lipinski definition) is 1. The molecule has 0 spiro atoms. The van der Waals surface area contributed by atoms with Gasteiger partial charge in [0, 0.05) is 11.1 Å². The van der Waals surface area contributed by atoms with Crippen molar-refractivity contribution in [3.63, 3.8) is 0 Å². The highest BCUT2D eigenvalue weighted by Gasteiger charge is 2.43. The van der Waals surface area contributed by atoms with E-state index in [0.29, 0.717) is 6.04 Å². The summed E-state index contributed by atoms with van der Waals surface area (Å²) in [7, 11) is 0. The minimum Gasteiger partial charge on any atom is -0.353 e. The average Bonchev–Trinajstić information content (AvgIpc) is 3.00. The zero-order valence-corrected chi connectivity index (χ0v) is 13.3. The first-order chi connectivity index (χ1) is 10.2. The van der Waals surface area contributed by atoms with Crippen LogP contribution >= 0.6 is 11.6 Å². The summed E-state index contributed by atoms with van der Waals surface area (Å²) in [6.07, 6.45) is 10.3. The molecule has 2 fully saturated rings. The van der Waals surface area contributed by atoms with Crippen LogP contribution in [0.1, 0.15) is 63.4 Å². The lowest BCUT2D eigenvalue weighted by Crippen LogP contribution is -2.47. The Labute approximate surface area is 132 Å². The number of rotatable bonds is 3. The first-order valence-corrected chi connectivity index (χ1v) is 8.65. The fourth-order valence-electron chi connectivity index (χ4n) is 3.96. The lowest BCUT2D eigenvalue weighted by molar-refractivity contribution is -0.127. The molecule has 3 heteroatoms. The van der Waals surface area contributed by atoms with Gasteiger partial charge in [-0.1, -0.05) is 55.8 Å². The maximum atomic E-state index is 13.0. The first-order valence-electron chi connectivity index (χ1n) is 8.28. The quantitative estimate of drug-likeness (QED) is 0.868. The number of amides is 1. The first kappa shape index (κ1) is 14.9. The normalized spacial score (nSPS) is 22.1. The van der Waals surface area contributed by atoms with Gasteiger partial charge in [-0.05, 0) is 43.4 Å². The number of nitrogens with one attached hydrogen (secondary N) is 1. The zero-order valence-electron chi connectivity index (χ0n) is 12.5. The molecule has 0 unspecified atom stereocenters. The van der Waals surface area contributed by atoms with Gasteiger partial charge in [-0.2, -0.15) is 0 Å². The lowest BCUT2D eigenvalue weighted by atomic mass is 9.77. The van der Waals surface area contributed by atoms with Crippen molar-refractivity contribution in [2.75, 3.05) is 0 Å². The maximum absolute atomic E-state index is 13.0. The Morgan fingerprint density at radius 1 is 1.00 bits per heavy atom. The summed E-state index contributed by atoms with van der Waals surface area (Å²) in [5.74, 6) is 0.245. The van der Waals surface area contributed by atoms with E-state index in [1.165, 1.54) is 19.3 Å². The highest BCUT2D eigenvalue weighted by Crippen LogP contribution is 2.42. The largest absolute Gasteiger partial charge is 0.353 e. The van der Waals surface area contributed by atoms with Gasteiger partial charge in [-0.25, -0.2) is 0 Å². The summed E-state index contributed by atoms with van der Waals surface area (Å²) in [5.41, 5.74) is 0.819. The van der Waals surface area contributed by atoms with Gasteiger partial charge >= 0.3 is 0 Å². The van der Waals surface area contributed by atoms with Crippen molar-refractivity contribution in [1.82, 2.24) is 5.32 Å². The second-order valence-corrected chi connectivity index (χ2v) is 7.04. The van der Waals surface area contributed by atoms with Crippen molar-refractivity contribution in [1.29, 1.82) is 0 Å². The Kier molecular flexibility index (Phi) is 4.54. The van der Waals surface area contributed by atoms with E-state index >= 15 is 0 Å². The maximum Gasteiger partial charge on any atom is 0.230 e. The molecule has 1 N–H and O–H groups in total. The summed E-state index contributed by atoms with van der Waals surface area (Å²) in [4.78, 5) is 13.0. The molecular formula is C18H24ClNO. The molecule has 0 saturated heterocycles. The van der Waals surface area contributed by atoms with E-state index in [9.17, 15) is 4.79 Å². The molecule has 1 amide bonds. The SMILES string of the molecule is O=C(NC1CCCCC1)C1(c2ccc(Cl)cc2)CCCC1. The van der Waals surface area contributed by atoms with Crippen molar-refractivity contribution >= 4 is 17.5 Å². The van der Waals surface area contributed by atoms with Crippen LogP contribution in [0.25, 0.3) is 0 Å². The molecule has 0 heterocycles. The van der Waals surface area contributed by atoms with E-state index in [4.69, 9.17) is 11.6 Å². The van der Waals surface area contributed by atoms with Gasteiger partial charge in [0.2, 0.25) is 5.91 Å². The van der Waals surface area contributed by atoms with E-state index in [1.54, 1.807) is 0 Å². The molecular weight excluding hydrogens is 282 g/mol. The van der Waals surface area contributed by atoms with Crippen molar-refractivity contribution < 1.29 is 4.79 Å². The Morgan fingerprint density at radius 3 is 2.24 bits per heavy atom. The molecule has 1 aromatic rings. The third kappa shape index (κ3) is 3.11. The van der Waals surface area contributed by atoms with Crippen LogP contribution in [0, 0.1) is 0 Å². The van der Waals surface area contributed by atoms with Crippen molar-refractivity contribution in [3.8, 4) is 0 Å². The summed E-state index contributed by atoms with van der Waals surface area (Å²) < 4.78 is 0. The van der Waals surface area contributed by atoms with E-state index in [-0.39, 0.29) is 11.3 Å². The minimum absolute atomic E-state index is 0.245. The molecule has 2 aliphatic rings. The van der Waals surface area contributed by atoms with Crippen LogP contribution < -0.4 is 5.32 Å². The Morgan fingerprint density at radius 2 is 1.62 bits per heavy atom. The molecule has 2 nitrogen and oxygen atoms in total. The number of carbonyl (C=O) groups excluding carboxylic acids is 1. The predicted molar refractivity (Wildman–Crippen MR) is 86.6 cm³/mol. The monoisotopic (exact) mass is 305 g/mol. The Bertz CT molecular complexity index is 484. The van der Waals surface area contributed by atoms with Crippen molar-refractivity contribution in [2.45, 2.75) is 69.2 Å². The number of benzene rings is 1. The van der Waals surface area contributed by atoms with E-state index in [0.717, 1.165) is 49.1 Å². The van der Waals surface area contributed by atoms with Crippen LogP contribution in [-0.4, -0.2) is 11.9 Å². The summed E-state index contributed by atoms with van der Waals surface area (Å²) >= 11 is 6.00. The number of halogens is 1. The van der Waals surface area contributed by atoms with Crippen LogP contribution in [0.3, 0.4) is 0 Å². The molecule has 21 heavy (non-hydrogen) atoms. The van der Waals surface area contributed by atoms with Crippen LogP contribution in [0.5, 0.6) is 0 Å². The van der Waals surface area contributed by atoms with Gasteiger partial charge in [0.25, 0.3) is 0 Å². The third-order valence-electron chi connectivity index (χ3n) is 5.23. The van der Waals surface area contributed by atoms with Crippen molar-refractivity contribution in [2.24, 2.45) is 0 Å². The van der Waals surface area contributed by atoms with Crippen LogP contribution in [0.2, 0.25) is 5.02 Å². The number of hydrogen-bond donors (Lipinski definition) is 1. The highest BCUT2D eigenvalue weighted by molar-refractivity contribution is 6.30. The second-order valence-electron chi connectivity index (χ2n) is 6.60. The van der Waals surface area contributed by atoms with Gasteiger partial charge in [-0.3, -0.25) is 4.79 Å². The summed E-state index contributed by atoms with van der Waals surface area (Å²) in [6.45, 7) is 0. The topological polar surface area (TPSA) is 29.1 Å². The average molecular weight is 306 g/mol. The zero-order chi connectivity index (χ0) is 14.7. The Hall–Kier alpha value is -1.02. The van der Waals surface area contributed by atoms with E-state index < -0.39 is 0 Å². The number of carbonyl (C=O) groups is 1. The Balaban J connectivity index is 1.79. The summed E-state index contributed by atoms with van der Waals surface area (Å²) in [6, 6.07) is 8.27. The van der Waals surface area contributed by atoms with Gasteiger partial charge < -0.3 is 5.32 Å². The molecule has 3 rings (SSSR count). The molecule has 0 aliphatic heterocycles. The summed E-state index contributed by atoms with van der Waals surface area (Å²) in [5, 5.41) is 4.08. The predicted octanol–water partition coefficient (Wildman–Crippen LogP) is 4.60.